The second-order valence-corrected chi connectivity index (χ2v) is 8.14. The SMILES string of the molecule is COc1ccc(C2OC2N2C[C@@H](C)N(C(=O)c3ccc(OC)c(F)c3F)[C@H](C)C2)c(F)c1. The third-order valence-electron chi connectivity index (χ3n) is 6.02. The van der Waals surface area contributed by atoms with Crippen molar-refractivity contribution >= 4 is 5.91 Å². The number of halogens is 3. The fourth-order valence-electron chi connectivity index (χ4n) is 4.44. The summed E-state index contributed by atoms with van der Waals surface area (Å²) in [5, 5.41) is 0. The van der Waals surface area contributed by atoms with Crippen molar-refractivity contribution in [1.29, 1.82) is 0 Å². The van der Waals surface area contributed by atoms with Crippen LogP contribution in [0, 0.1) is 17.5 Å². The minimum atomic E-state index is -1.23. The Bertz CT molecular complexity index is 1020. The molecular weight excluding hydrogens is 425 g/mol. The first kappa shape index (κ1) is 22.4. The minimum absolute atomic E-state index is 0.257. The number of piperazine rings is 1. The normalized spacial score (nSPS) is 25.5. The van der Waals surface area contributed by atoms with Gasteiger partial charge in [-0.3, -0.25) is 9.69 Å². The van der Waals surface area contributed by atoms with E-state index in [9.17, 15) is 18.0 Å². The van der Waals surface area contributed by atoms with Crippen molar-refractivity contribution in [2.24, 2.45) is 0 Å². The first-order chi connectivity index (χ1) is 15.3. The third kappa shape index (κ3) is 3.91. The van der Waals surface area contributed by atoms with Crippen molar-refractivity contribution in [3.8, 4) is 11.5 Å². The standard InChI is InChI=1S/C23H25F3N2O4/c1-12-10-27(23-21(32-23)15-6-5-14(30-3)9-17(15)24)11-13(2)28(12)22(29)16-7-8-18(31-4)20(26)19(16)25/h5-9,12-13,21,23H,10-11H2,1-4H3/t12-,13-,21?,23?/m1/s1. The molecule has 0 aliphatic carbocycles. The van der Waals surface area contributed by atoms with Crippen LogP contribution in [0.3, 0.4) is 0 Å². The van der Waals surface area contributed by atoms with Gasteiger partial charge in [0.15, 0.2) is 11.6 Å². The number of hydrogen-bond donors (Lipinski definition) is 0. The minimum Gasteiger partial charge on any atom is -0.497 e. The molecule has 9 heteroatoms. The highest BCUT2D eigenvalue weighted by Gasteiger charge is 2.49. The number of rotatable bonds is 5. The van der Waals surface area contributed by atoms with Crippen LogP contribution in [0.25, 0.3) is 0 Å². The van der Waals surface area contributed by atoms with Gasteiger partial charge in [-0.2, -0.15) is 4.39 Å². The van der Waals surface area contributed by atoms with Crippen molar-refractivity contribution in [3.63, 3.8) is 0 Å². The molecule has 2 saturated heterocycles. The van der Waals surface area contributed by atoms with E-state index in [1.165, 1.54) is 32.4 Å². The number of ether oxygens (including phenoxy) is 3. The Kier molecular flexibility index (Phi) is 6.05. The van der Waals surface area contributed by atoms with Gasteiger partial charge in [-0.15, -0.1) is 0 Å². The second-order valence-electron chi connectivity index (χ2n) is 8.14. The quantitative estimate of drug-likeness (QED) is 0.650. The molecule has 0 radical (unpaired) electrons. The number of methoxy groups -OCH3 is 2. The Morgan fingerprint density at radius 1 is 1.00 bits per heavy atom. The van der Waals surface area contributed by atoms with Crippen LogP contribution in [0.2, 0.25) is 0 Å². The van der Waals surface area contributed by atoms with Gasteiger partial charge in [0.05, 0.1) is 19.8 Å². The van der Waals surface area contributed by atoms with E-state index in [4.69, 9.17) is 14.2 Å². The Morgan fingerprint density at radius 3 is 2.28 bits per heavy atom. The van der Waals surface area contributed by atoms with Crippen LogP contribution >= 0.6 is 0 Å². The summed E-state index contributed by atoms with van der Waals surface area (Å²) >= 11 is 0. The molecule has 2 aromatic carbocycles. The van der Waals surface area contributed by atoms with Crippen molar-refractivity contribution in [1.82, 2.24) is 9.80 Å². The van der Waals surface area contributed by atoms with E-state index in [0.717, 1.165) is 0 Å². The summed E-state index contributed by atoms with van der Waals surface area (Å²) in [7, 11) is 2.70. The summed E-state index contributed by atoms with van der Waals surface area (Å²) in [4.78, 5) is 16.6. The van der Waals surface area contributed by atoms with Crippen LogP contribution < -0.4 is 9.47 Å². The predicted octanol–water partition coefficient (Wildman–Crippen LogP) is 3.75. The average Bonchev–Trinajstić information content (AvgIpc) is 3.55. The number of carbonyl (C=O) groups is 1. The summed E-state index contributed by atoms with van der Waals surface area (Å²) in [5.74, 6) is -3.22. The first-order valence-electron chi connectivity index (χ1n) is 10.3. The monoisotopic (exact) mass is 450 g/mol. The number of epoxide rings is 1. The third-order valence-corrected chi connectivity index (χ3v) is 6.02. The topological polar surface area (TPSA) is 54.5 Å². The van der Waals surface area contributed by atoms with Crippen molar-refractivity contribution in [2.45, 2.75) is 38.3 Å². The molecule has 2 heterocycles. The highest BCUT2D eigenvalue weighted by Crippen LogP contribution is 2.43. The molecule has 32 heavy (non-hydrogen) atoms. The lowest BCUT2D eigenvalue weighted by Crippen LogP contribution is -2.59. The Morgan fingerprint density at radius 2 is 1.69 bits per heavy atom. The lowest BCUT2D eigenvalue weighted by Gasteiger charge is -2.44. The second kappa shape index (κ2) is 8.63. The molecule has 2 aliphatic rings. The van der Waals surface area contributed by atoms with Gasteiger partial charge in [0.2, 0.25) is 5.82 Å². The Hall–Kier alpha value is -2.78. The fourth-order valence-corrected chi connectivity index (χ4v) is 4.44. The van der Waals surface area contributed by atoms with Gasteiger partial charge in [0.1, 0.15) is 23.9 Å². The molecule has 172 valence electrons. The predicted molar refractivity (Wildman–Crippen MR) is 110 cm³/mol. The first-order valence-corrected chi connectivity index (χ1v) is 10.3. The van der Waals surface area contributed by atoms with Crippen LogP contribution in [-0.2, 0) is 4.74 Å². The maximum atomic E-state index is 14.5. The highest BCUT2D eigenvalue weighted by atomic mass is 19.2. The number of hydrogen-bond acceptors (Lipinski definition) is 5. The molecule has 6 nitrogen and oxygen atoms in total. The Balaban J connectivity index is 1.47. The van der Waals surface area contributed by atoms with E-state index in [2.05, 4.69) is 0 Å². The number of benzene rings is 2. The zero-order chi connectivity index (χ0) is 23.2. The fraction of sp³-hybridized carbons (Fsp3) is 0.435. The molecule has 2 aliphatic heterocycles. The molecule has 1 amide bonds. The maximum Gasteiger partial charge on any atom is 0.257 e. The van der Waals surface area contributed by atoms with Crippen LogP contribution in [0.1, 0.15) is 35.9 Å². The maximum absolute atomic E-state index is 14.5. The molecule has 4 atom stereocenters. The Labute approximate surface area is 184 Å². The van der Waals surface area contributed by atoms with Gasteiger partial charge < -0.3 is 19.1 Å². The molecule has 2 fully saturated rings. The zero-order valence-corrected chi connectivity index (χ0v) is 18.3. The molecule has 0 N–H and O–H groups in total. The molecule has 2 aromatic rings. The van der Waals surface area contributed by atoms with E-state index in [1.54, 1.807) is 17.0 Å². The van der Waals surface area contributed by atoms with Gasteiger partial charge in [-0.05, 0) is 38.1 Å². The van der Waals surface area contributed by atoms with Crippen LogP contribution in [-0.4, -0.2) is 61.3 Å². The van der Waals surface area contributed by atoms with E-state index >= 15 is 0 Å². The average molecular weight is 450 g/mol. The van der Waals surface area contributed by atoms with Crippen molar-refractivity contribution in [3.05, 3.63) is 58.9 Å². The van der Waals surface area contributed by atoms with Crippen LogP contribution in [0.15, 0.2) is 30.3 Å². The van der Waals surface area contributed by atoms with E-state index in [-0.39, 0.29) is 29.6 Å². The van der Waals surface area contributed by atoms with Crippen molar-refractivity contribution in [2.75, 3.05) is 27.3 Å². The van der Waals surface area contributed by atoms with Gasteiger partial charge in [-0.25, -0.2) is 8.78 Å². The summed E-state index contributed by atoms with van der Waals surface area (Å²) in [6.07, 6.45) is -0.717. The molecule has 0 aromatic heterocycles. The summed E-state index contributed by atoms with van der Waals surface area (Å²) < 4.78 is 58.5. The molecule has 2 unspecified atom stereocenters. The molecule has 0 saturated carbocycles. The summed E-state index contributed by atoms with van der Waals surface area (Å²) in [6, 6.07) is 6.54. The number of nitrogens with zero attached hydrogens (tertiary/aromatic N) is 2. The zero-order valence-electron chi connectivity index (χ0n) is 18.3. The van der Waals surface area contributed by atoms with Gasteiger partial charge >= 0.3 is 0 Å². The van der Waals surface area contributed by atoms with Crippen LogP contribution in [0.4, 0.5) is 13.2 Å². The van der Waals surface area contributed by atoms with E-state index < -0.39 is 29.5 Å². The van der Waals surface area contributed by atoms with Crippen LogP contribution in [0.5, 0.6) is 11.5 Å². The molecule has 0 bridgehead atoms. The molecule has 4 rings (SSSR count). The van der Waals surface area contributed by atoms with Gasteiger partial charge in [0, 0.05) is 36.8 Å². The van der Waals surface area contributed by atoms with Crippen molar-refractivity contribution < 1.29 is 32.2 Å². The smallest absolute Gasteiger partial charge is 0.257 e. The molecular formula is C23H25F3N2O4. The number of carbonyl (C=O) groups excluding carboxylic acids is 1. The number of amides is 1. The molecule has 0 spiro atoms. The van der Waals surface area contributed by atoms with Gasteiger partial charge in [-0.1, -0.05) is 0 Å². The summed E-state index contributed by atoms with van der Waals surface area (Å²) in [6.45, 7) is 4.58. The lowest BCUT2D eigenvalue weighted by molar-refractivity contribution is 0.0151. The lowest BCUT2D eigenvalue weighted by atomic mass is 10.0. The largest absolute Gasteiger partial charge is 0.497 e. The van der Waals surface area contributed by atoms with Gasteiger partial charge in [0.25, 0.3) is 5.91 Å². The van der Waals surface area contributed by atoms with E-state index in [0.29, 0.717) is 24.4 Å². The summed E-state index contributed by atoms with van der Waals surface area (Å²) in [5.41, 5.74) is 0.113. The highest BCUT2D eigenvalue weighted by molar-refractivity contribution is 5.95. The van der Waals surface area contributed by atoms with E-state index in [1.807, 2.05) is 18.7 Å².